The molecule has 0 saturated carbocycles. The molecule has 0 atom stereocenters. The number of alkyl halides is 1. The largest absolute Gasteiger partial charge is 0.376 e. The summed E-state index contributed by atoms with van der Waals surface area (Å²) in [5.74, 6) is 0. The third-order valence-corrected chi connectivity index (χ3v) is 15.3. The van der Waals surface area contributed by atoms with Crippen molar-refractivity contribution in [3.63, 3.8) is 0 Å². The van der Waals surface area contributed by atoms with E-state index in [0.29, 0.717) is 0 Å². The van der Waals surface area contributed by atoms with E-state index < -0.39 is 8.24 Å². The van der Waals surface area contributed by atoms with E-state index in [0.717, 1.165) is 12.0 Å². The lowest BCUT2D eigenvalue weighted by molar-refractivity contribution is 0.811. The highest BCUT2D eigenvalue weighted by atomic mass is 35.5. The average Bonchev–Trinajstić information content (AvgIpc) is 2.01. The van der Waals surface area contributed by atoms with Gasteiger partial charge < -0.3 is 9.21 Å². The highest BCUT2D eigenvalue weighted by Crippen LogP contribution is 2.05. The van der Waals surface area contributed by atoms with Crippen molar-refractivity contribution < 1.29 is 0 Å². The highest BCUT2D eigenvalue weighted by molar-refractivity contribution is 6.87. The lowest BCUT2D eigenvalue weighted by Crippen LogP contribution is -2.53. The molecule has 0 saturated heterocycles. The fourth-order valence-electron chi connectivity index (χ4n) is 1.28. The van der Waals surface area contributed by atoms with Crippen LogP contribution in [0.25, 0.3) is 0 Å². The minimum atomic E-state index is -1.03. The third kappa shape index (κ3) is 6.87. The second-order valence-electron chi connectivity index (χ2n) is 4.20. The molecule has 0 radical (unpaired) electrons. The lowest BCUT2D eigenvalue weighted by Gasteiger charge is -2.34. The van der Waals surface area contributed by atoms with E-state index in [1.54, 1.807) is 0 Å². The number of nitrogens with zero attached hydrogens (tertiary/aromatic N) is 1. The van der Waals surface area contributed by atoms with Crippen LogP contribution in [-0.2, 0) is 0 Å². The number of hydrogen-bond acceptors (Lipinski definition) is 2. The zero-order valence-electron chi connectivity index (χ0n) is 9.36. The minimum absolute atomic E-state index is 0.0396. The van der Waals surface area contributed by atoms with Crippen LogP contribution in [0.3, 0.4) is 0 Å². The van der Waals surface area contributed by atoms with Crippen LogP contribution in [0.4, 0.5) is 0 Å². The molecule has 0 aromatic heterocycles. The maximum atomic E-state index is 5.86. The average molecular weight is 255 g/mol. The smallest absolute Gasteiger partial charge is 0.105 e. The number of hydrogen-bond donors (Lipinski definition) is 1. The Labute approximate surface area is 93.3 Å². The standard InChI is InChI=1S/C7H23ClN2Si3/c1-5-9-7-12-10(11-6-8)13(2,3)4/h9H,5-7,11-12H2,1-4H3. The first-order chi connectivity index (χ1) is 6.02. The van der Waals surface area contributed by atoms with Crippen molar-refractivity contribution in [1.82, 2.24) is 9.21 Å². The Morgan fingerprint density at radius 2 is 1.92 bits per heavy atom. The van der Waals surface area contributed by atoms with Crippen LogP contribution >= 0.6 is 11.6 Å². The fraction of sp³-hybridized carbons (Fsp3) is 1.00. The van der Waals surface area contributed by atoms with Crippen molar-refractivity contribution in [1.29, 1.82) is 0 Å². The van der Waals surface area contributed by atoms with Crippen LogP contribution in [0.5, 0.6) is 0 Å². The van der Waals surface area contributed by atoms with E-state index in [1.165, 1.54) is 6.17 Å². The molecule has 80 valence electrons. The van der Waals surface area contributed by atoms with Gasteiger partial charge in [-0.1, -0.05) is 26.6 Å². The molecule has 0 spiro atoms. The molecule has 0 fully saturated rings. The Kier molecular flexibility index (Phi) is 7.67. The van der Waals surface area contributed by atoms with Gasteiger partial charge in [0, 0.05) is 5.50 Å². The molecule has 13 heavy (non-hydrogen) atoms. The summed E-state index contributed by atoms with van der Waals surface area (Å²) in [5.41, 5.74) is 0.920. The number of nitrogens with one attached hydrogen (secondary N) is 1. The van der Waals surface area contributed by atoms with E-state index in [4.69, 9.17) is 11.6 Å². The fourth-order valence-corrected chi connectivity index (χ4v) is 11.8. The molecule has 0 unspecified atom stereocenters. The summed E-state index contributed by atoms with van der Waals surface area (Å²) in [6, 6.07) is 0. The zero-order chi connectivity index (χ0) is 10.3. The second-order valence-corrected chi connectivity index (χ2v) is 15.8. The lowest BCUT2D eigenvalue weighted by atomic mass is 10.8. The maximum absolute atomic E-state index is 5.86. The van der Waals surface area contributed by atoms with Crippen molar-refractivity contribution in [2.75, 3.05) is 18.2 Å². The SMILES string of the molecule is CCNC[SiH2]N([SiH2]CCl)[Si](C)(C)C. The van der Waals surface area contributed by atoms with E-state index in [2.05, 4.69) is 35.8 Å². The predicted molar refractivity (Wildman–Crippen MR) is 71.5 cm³/mol. The number of rotatable bonds is 7. The minimum Gasteiger partial charge on any atom is -0.376 e. The summed E-state index contributed by atoms with van der Waals surface area (Å²) in [6.45, 7) is 10.6. The zero-order valence-corrected chi connectivity index (χ0v) is 13.9. The Hall–Kier alpha value is 0.861. The quantitative estimate of drug-likeness (QED) is 0.393. The molecule has 0 amide bonds. The molecule has 2 nitrogen and oxygen atoms in total. The van der Waals surface area contributed by atoms with Gasteiger partial charge in [-0.3, -0.25) is 0 Å². The first kappa shape index (κ1) is 13.9. The van der Waals surface area contributed by atoms with Crippen molar-refractivity contribution in [3.05, 3.63) is 0 Å². The molecule has 6 heteroatoms. The normalized spacial score (nSPS) is 14.3. The molecule has 1 N–H and O–H groups in total. The molecule has 0 aliphatic carbocycles. The first-order valence-electron chi connectivity index (χ1n) is 5.04. The van der Waals surface area contributed by atoms with Crippen molar-refractivity contribution in [3.8, 4) is 0 Å². The van der Waals surface area contributed by atoms with Gasteiger partial charge in [0.15, 0.2) is 0 Å². The molecule has 0 aliphatic heterocycles. The van der Waals surface area contributed by atoms with E-state index >= 15 is 0 Å². The molecule has 0 bridgehead atoms. The Morgan fingerprint density at radius 3 is 2.31 bits per heavy atom. The molecular weight excluding hydrogens is 232 g/mol. The topological polar surface area (TPSA) is 15.3 Å². The van der Waals surface area contributed by atoms with Gasteiger partial charge in [-0.2, -0.15) is 0 Å². The van der Waals surface area contributed by atoms with Crippen LogP contribution in [0.15, 0.2) is 0 Å². The van der Waals surface area contributed by atoms with Crippen molar-refractivity contribution in [2.45, 2.75) is 26.6 Å². The summed E-state index contributed by atoms with van der Waals surface area (Å²) in [7, 11) is -1.18. The molecule has 0 aliphatic rings. The maximum Gasteiger partial charge on any atom is 0.105 e. The Bertz CT molecular complexity index is 129. The highest BCUT2D eigenvalue weighted by Gasteiger charge is 2.21. The second kappa shape index (κ2) is 7.19. The monoisotopic (exact) mass is 254 g/mol. The van der Waals surface area contributed by atoms with E-state index in [1.807, 2.05) is 0 Å². The van der Waals surface area contributed by atoms with E-state index in [-0.39, 0.29) is 19.4 Å². The van der Waals surface area contributed by atoms with Gasteiger partial charge >= 0.3 is 0 Å². The molecule has 0 aromatic rings. The predicted octanol–water partition coefficient (Wildman–Crippen LogP) is 0.0542. The van der Waals surface area contributed by atoms with Gasteiger partial charge in [0.05, 0.1) is 19.4 Å². The van der Waals surface area contributed by atoms with Gasteiger partial charge in [0.25, 0.3) is 0 Å². The van der Waals surface area contributed by atoms with Crippen LogP contribution in [0.1, 0.15) is 6.92 Å². The Balaban J connectivity index is 3.81. The third-order valence-electron chi connectivity index (χ3n) is 2.11. The summed E-state index contributed by atoms with van der Waals surface area (Å²) in [4.78, 5) is 0. The first-order valence-corrected chi connectivity index (χ1v) is 12.3. The van der Waals surface area contributed by atoms with E-state index in [9.17, 15) is 0 Å². The number of halogens is 1. The molecule has 0 aromatic carbocycles. The van der Waals surface area contributed by atoms with Crippen LogP contribution in [0.2, 0.25) is 19.6 Å². The molecular formula is C7H23ClN2Si3. The summed E-state index contributed by atoms with van der Waals surface area (Å²) >= 11 is 5.86. The van der Waals surface area contributed by atoms with Crippen LogP contribution < -0.4 is 5.32 Å². The summed E-state index contributed by atoms with van der Waals surface area (Å²) < 4.78 is 2.82. The van der Waals surface area contributed by atoms with Crippen molar-refractivity contribution in [2.24, 2.45) is 0 Å². The van der Waals surface area contributed by atoms with Gasteiger partial charge in [-0.05, 0) is 12.7 Å². The van der Waals surface area contributed by atoms with Gasteiger partial charge in [0.1, 0.15) is 8.24 Å². The van der Waals surface area contributed by atoms with Crippen molar-refractivity contribution >= 4 is 39.2 Å². The van der Waals surface area contributed by atoms with Gasteiger partial charge in [-0.25, -0.2) is 0 Å². The summed E-state index contributed by atoms with van der Waals surface area (Å²) in [6.07, 6.45) is 1.25. The van der Waals surface area contributed by atoms with Gasteiger partial charge in [-0.15, -0.1) is 11.6 Å². The van der Waals surface area contributed by atoms with Gasteiger partial charge in [0.2, 0.25) is 0 Å². The molecule has 0 heterocycles. The van der Waals surface area contributed by atoms with Crippen LogP contribution in [0, 0.1) is 0 Å². The summed E-state index contributed by atoms with van der Waals surface area (Å²) in [5, 5.41) is 3.43. The Morgan fingerprint density at radius 1 is 1.31 bits per heavy atom. The molecule has 0 rings (SSSR count). The van der Waals surface area contributed by atoms with Crippen LogP contribution in [-0.4, -0.2) is 49.7 Å².